The summed E-state index contributed by atoms with van der Waals surface area (Å²) in [6, 6.07) is -2.66. The van der Waals surface area contributed by atoms with Gasteiger partial charge in [-0.25, -0.2) is 0 Å². The van der Waals surface area contributed by atoms with Gasteiger partial charge in [0.1, 0.15) is 0 Å². The average molecular weight is 719 g/mol. The predicted octanol–water partition coefficient (Wildman–Crippen LogP) is 9.09. The van der Waals surface area contributed by atoms with Crippen molar-refractivity contribution < 1.29 is 50.2 Å². The van der Waals surface area contributed by atoms with E-state index in [1.165, 1.54) is 0 Å². The normalized spacial score (nSPS) is 36.8. The largest absolute Gasteiger partial charge is 0.394 e. The number of hydrogen-bond donors (Lipinski definition) is 0. The van der Waals surface area contributed by atoms with E-state index < -0.39 is 96.2 Å². The minimum Gasteiger partial charge on any atom is -0.374 e. The number of nitrogens with zero attached hydrogens (tertiary/aromatic N) is 2. The summed E-state index contributed by atoms with van der Waals surface area (Å²) in [6.07, 6.45) is -6.64. The van der Waals surface area contributed by atoms with Crippen molar-refractivity contribution >= 4 is 7.14 Å². The lowest BCUT2D eigenvalue weighted by molar-refractivity contribution is -0.532. The fourth-order valence-electron chi connectivity index (χ4n) is 9.71. The Labute approximate surface area is 277 Å². The second kappa shape index (κ2) is 15.4. The Kier molecular flexibility index (Phi) is 12.1. The lowest BCUT2D eigenvalue weighted by atomic mass is 9.82. The number of rotatable bonds is 9. The molecule has 9 nitrogen and oxygen atoms in total. The molecular formula is C32H49F6N2O7P. The van der Waals surface area contributed by atoms with Crippen LogP contribution in [0.3, 0.4) is 0 Å². The van der Waals surface area contributed by atoms with E-state index in [4.69, 9.17) is 9.47 Å². The number of ether oxygens (including phenoxy) is 2. The van der Waals surface area contributed by atoms with Gasteiger partial charge in [-0.1, -0.05) is 38.5 Å². The highest BCUT2D eigenvalue weighted by Crippen LogP contribution is 2.69. The molecule has 5 rings (SSSR count). The molecule has 0 aromatic rings. The van der Waals surface area contributed by atoms with Crippen molar-refractivity contribution in [3.05, 3.63) is 20.2 Å². The molecule has 0 spiro atoms. The van der Waals surface area contributed by atoms with Crippen LogP contribution in [0.15, 0.2) is 0 Å². The lowest BCUT2D eigenvalue weighted by Crippen LogP contribution is -2.51. The van der Waals surface area contributed by atoms with Gasteiger partial charge in [0.2, 0.25) is 12.1 Å². The molecule has 0 radical (unpaired) electrons. The van der Waals surface area contributed by atoms with E-state index in [1.54, 1.807) is 0 Å². The number of alkyl halides is 6. The summed E-state index contributed by atoms with van der Waals surface area (Å²) < 4.78 is 114. The standard InChI is InChI=1S/C32H49F6N2O7P/c33-31(34,35)25-17-20(39(41)42)11-14-27(25)46-22-13-16-29(47-28-15-12-21(40(43)44)18-26(28)32(36,37)38)30(19-22)48(45,23-7-3-1-4-8-23)24-9-5-2-6-10-24/h20-30H,1-19H2. The Hall–Kier alpha value is -1.47. The SMILES string of the molecule is O=[N+]([O-])C1CCC(OC2CCC(OC3CCC([N+](=O)[O-])CC3C(F)(F)F)C(P(=O)(C3CCCCC3)C3CCCCC3)C2)C(C(F)(F)F)C1. The maximum atomic E-state index is 15.8. The highest BCUT2D eigenvalue weighted by molar-refractivity contribution is 7.66. The van der Waals surface area contributed by atoms with Gasteiger partial charge in [-0.3, -0.25) is 20.2 Å². The van der Waals surface area contributed by atoms with Crippen LogP contribution in [0.5, 0.6) is 0 Å². The van der Waals surface area contributed by atoms with Crippen LogP contribution in [-0.2, 0) is 14.0 Å². The number of halogens is 6. The third-order valence-electron chi connectivity index (χ3n) is 12.2. The Morgan fingerprint density at radius 3 is 1.38 bits per heavy atom. The zero-order valence-corrected chi connectivity index (χ0v) is 28.1. The summed E-state index contributed by atoms with van der Waals surface area (Å²) in [6.45, 7) is 0. The van der Waals surface area contributed by atoms with Gasteiger partial charge in [0.05, 0.1) is 43.4 Å². The third kappa shape index (κ3) is 8.52. The first-order valence-electron chi connectivity index (χ1n) is 17.9. The van der Waals surface area contributed by atoms with Gasteiger partial charge in [0.15, 0.2) is 0 Å². The molecule has 5 aliphatic carbocycles. The van der Waals surface area contributed by atoms with Crippen LogP contribution in [0.2, 0.25) is 0 Å². The molecule has 16 heteroatoms. The van der Waals surface area contributed by atoms with Crippen LogP contribution >= 0.6 is 7.14 Å². The highest BCUT2D eigenvalue weighted by Gasteiger charge is 2.57. The molecule has 0 aromatic carbocycles. The monoisotopic (exact) mass is 718 g/mol. The van der Waals surface area contributed by atoms with E-state index in [-0.39, 0.29) is 56.3 Å². The van der Waals surface area contributed by atoms with Gasteiger partial charge in [-0.05, 0) is 57.8 Å². The second-order valence-corrected chi connectivity index (χ2v) is 18.7. The molecule has 5 fully saturated rings. The number of nitro groups is 2. The van der Waals surface area contributed by atoms with E-state index in [9.17, 15) is 46.6 Å². The topological polar surface area (TPSA) is 122 Å². The van der Waals surface area contributed by atoms with Crippen molar-refractivity contribution in [1.82, 2.24) is 0 Å². The van der Waals surface area contributed by atoms with Crippen LogP contribution in [-0.4, -0.2) is 75.7 Å². The molecule has 0 amide bonds. The van der Waals surface area contributed by atoms with E-state index in [2.05, 4.69) is 0 Å². The van der Waals surface area contributed by atoms with Gasteiger partial charge < -0.3 is 14.0 Å². The first-order valence-corrected chi connectivity index (χ1v) is 19.8. The van der Waals surface area contributed by atoms with Crippen molar-refractivity contribution in [2.75, 3.05) is 0 Å². The molecule has 276 valence electrons. The molecule has 0 aromatic heterocycles. The molecule has 9 atom stereocenters. The first kappa shape index (κ1) is 37.8. The molecule has 9 unspecified atom stereocenters. The van der Waals surface area contributed by atoms with Gasteiger partial charge in [-0.2, -0.15) is 26.3 Å². The maximum absolute atomic E-state index is 15.8. The summed E-state index contributed by atoms with van der Waals surface area (Å²) in [5.41, 5.74) is -0.999. The molecular weight excluding hydrogens is 669 g/mol. The fraction of sp³-hybridized carbons (Fsp3) is 1.00. The predicted molar refractivity (Wildman–Crippen MR) is 165 cm³/mol. The maximum Gasteiger partial charge on any atom is 0.394 e. The van der Waals surface area contributed by atoms with Crippen molar-refractivity contribution in [2.24, 2.45) is 11.8 Å². The zero-order chi connectivity index (χ0) is 34.9. The quantitative estimate of drug-likeness (QED) is 0.101. The molecule has 0 heterocycles. The van der Waals surface area contributed by atoms with Gasteiger partial charge in [0, 0.05) is 52.5 Å². The summed E-state index contributed by atoms with van der Waals surface area (Å²) in [5.74, 6) is -4.08. The van der Waals surface area contributed by atoms with Crippen LogP contribution in [0, 0.1) is 32.1 Å². The van der Waals surface area contributed by atoms with E-state index >= 15 is 4.57 Å². The van der Waals surface area contributed by atoms with Crippen LogP contribution in [0.1, 0.15) is 122 Å². The van der Waals surface area contributed by atoms with E-state index in [1.807, 2.05) is 0 Å². The fourth-order valence-corrected chi connectivity index (χ4v) is 15.0. The van der Waals surface area contributed by atoms with Crippen molar-refractivity contribution in [3.63, 3.8) is 0 Å². The lowest BCUT2D eigenvalue weighted by Gasteiger charge is -2.49. The first-order chi connectivity index (χ1) is 22.6. The molecule has 0 aliphatic heterocycles. The summed E-state index contributed by atoms with van der Waals surface area (Å²) in [4.78, 5) is 21.5. The molecule has 0 N–H and O–H groups in total. The van der Waals surface area contributed by atoms with Crippen molar-refractivity contribution in [2.45, 2.75) is 188 Å². The minimum atomic E-state index is -4.74. The highest BCUT2D eigenvalue weighted by atomic mass is 31.2. The third-order valence-corrected chi connectivity index (χ3v) is 17.1. The second-order valence-electron chi connectivity index (χ2n) is 15.0. The van der Waals surface area contributed by atoms with Gasteiger partial charge in [-0.15, -0.1) is 0 Å². The van der Waals surface area contributed by atoms with Crippen LogP contribution in [0.25, 0.3) is 0 Å². The Morgan fingerprint density at radius 2 is 0.958 bits per heavy atom. The Balaban J connectivity index is 1.44. The van der Waals surface area contributed by atoms with E-state index in [0.717, 1.165) is 64.2 Å². The van der Waals surface area contributed by atoms with Crippen molar-refractivity contribution in [1.29, 1.82) is 0 Å². The van der Waals surface area contributed by atoms with Gasteiger partial charge in [0.25, 0.3) is 0 Å². The Morgan fingerprint density at radius 1 is 0.542 bits per heavy atom. The minimum absolute atomic E-state index is 0.0551. The smallest absolute Gasteiger partial charge is 0.374 e. The van der Waals surface area contributed by atoms with Crippen molar-refractivity contribution in [3.8, 4) is 0 Å². The summed E-state index contributed by atoms with van der Waals surface area (Å²) >= 11 is 0. The van der Waals surface area contributed by atoms with E-state index in [0.29, 0.717) is 0 Å². The van der Waals surface area contributed by atoms with Gasteiger partial charge >= 0.3 is 12.4 Å². The molecule has 0 saturated heterocycles. The molecule has 5 saturated carbocycles. The van der Waals surface area contributed by atoms with Crippen LogP contribution < -0.4 is 0 Å². The molecule has 5 aliphatic rings. The Bertz CT molecular complexity index is 1140. The van der Waals surface area contributed by atoms with Crippen LogP contribution in [0.4, 0.5) is 26.3 Å². The molecule has 0 bridgehead atoms. The molecule has 48 heavy (non-hydrogen) atoms. The zero-order valence-electron chi connectivity index (χ0n) is 27.3. The summed E-state index contributed by atoms with van der Waals surface area (Å²) in [7, 11) is -3.23. The summed E-state index contributed by atoms with van der Waals surface area (Å²) in [5, 5.41) is 22.8. The average Bonchev–Trinajstić information content (AvgIpc) is 3.05. The number of hydrogen-bond acceptors (Lipinski definition) is 7.